The average molecular weight is 346 g/mol. The average Bonchev–Trinajstić information content (AvgIpc) is 2.67. The number of nitrogens with zero attached hydrogens (tertiary/aromatic N) is 1. The van der Waals surface area contributed by atoms with Crippen molar-refractivity contribution in [1.29, 1.82) is 0 Å². The largest absolute Gasteiger partial charge is 0.497 e. The topological polar surface area (TPSA) is 67.9 Å². The lowest BCUT2D eigenvalue weighted by Crippen LogP contribution is -2.50. The highest BCUT2D eigenvalue weighted by molar-refractivity contribution is 5.88. The molecule has 136 valence electrons. The molecule has 0 spiro atoms. The van der Waals surface area contributed by atoms with Crippen molar-refractivity contribution in [2.24, 2.45) is 5.92 Å². The third kappa shape index (κ3) is 4.06. The second-order valence-corrected chi connectivity index (χ2v) is 6.80. The van der Waals surface area contributed by atoms with Crippen LogP contribution < -0.4 is 14.8 Å². The van der Waals surface area contributed by atoms with Crippen LogP contribution >= 0.6 is 0 Å². The van der Waals surface area contributed by atoms with Gasteiger partial charge in [0.1, 0.15) is 24.1 Å². The monoisotopic (exact) mass is 346 g/mol. The number of methoxy groups -OCH3 is 1. The lowest BCUT2D eigenvalue weighted by molar-refractivity contribution is -0.138. The zero-order chi connectivity index (χ0) is 17.8. The highest BCUT2D eigenvalue weighted by Gasteiger charge is 2.30. The summed E-state index contributed by atoms with van der Waals surface area (Å²) in [6.45, 7) is 3.66. The van der Waals surface area contributed by atoms with E-state index >= 15 is 0 Å². The fourth-order valence-corrected chi connectivity index (χ4v) is 3.43. The molecule has 2 heterocycles. The lowest BCUT2D eigenvalue weighted by Gasteiger charge is -2.30. The summed E-state index contributed by atoms with van der Waals surface area (Å²) in [6, 6.07) is 5.13. The number of nitrogens with one attached hydrogen (secondary N) is 1. The van der Waals surface area contributed by atoms with E-state index in [1.807, 2.05) is 23.1 Å². The Bertz CT molecular complexity index is 640. The molecule has 0 radical (unpaired) electrons. The maximum Gasteiger partial charge on any atom is 0.244 e. The highest BCUT2D eigenvalue weighted by Crippen LogP contribution is 2.31. The first-order valence-electron chi connectivity index (χ1n) is 8.97. The number of ether oxygens (including phenoxy) is 2. The molecule has 1 fully saturated rings. The molecule has 6 heteroatoms. The van der Waals surface area contributed by atoms with Gasteiger partial charge in [-0.1, -0.05) is 6.07 Å². The van der Waals surface area contributed by atoms with Gasteiger partial charge in [0, 0.05) is 19.2 Å². The van der Waals surface area contributed by atoms with Gasteiger partial charge in [0.2, 0.25) is 11.8 Å². The normalized spacial score (nSPS) is 20.9. The Morgan fingerprint density at radius 1 is 1.28 bits per heavy atom. The van der Waals surface area contributed by atoms with E-state index in [2.05, 4.69) is 5.32 Å². The first kappa shape index (κ1) is 17.6. The van der Waals surface area contributed by atoms with Crippen molar-refractivity contribution in [1.82, 2.24) is 10.2 Å². The molecular weight excluding hydrogens is 320 g/mol. The molecule has 1 aromatic carbocycles. The summed E-state index contributed by atoms with van der Waals surface area (Å²) in [5.41, 5.74) is 0.988. The van der Waals surface area contributed by atoms with E-state index in [0.29, 0.717) is 13.0 Å². The van der Waals surface area contributed by atoms with Crippen LogP contribution in [-0.4, -0.2) is 49.6 Å². The molecular formula is C19H26N2O4. The minimum Gasteiger partial charge on any atom is -0.497 e. The van der Waals surface area contributed by atoms with Crippen LogP contribution in [0.15, 0.2) is 18.2 Å². The fraction of sp³-hybridized carbons (Fsp3) is 0.579. The van der Waals surface area contributed by atoms with Gasteiger partial charge < -0.3 is 19.7 Å². The minimum absolute atomic E-state index is 0.00918. The van der Waals surface area contributed by atoms with E-state index in [0.717, 1.165) is 43.0 Å². The molecule has 2 aliphatic heterocycles. The van der Waals surface area contributed by atoms with Gasteiger partial charge in [0.15, 0.2) is 0 Å². The molecule has 1 aromatic rings. The summed E-state index contributed by atoms with van der Waals surface area (Å²) in [5.74, 6) is 1.11. The maximum atomic E-state index is 12.5. The molecule has 0 aromatic heterocycles. The Labute approximate surface area is 148 Å². The third-order valence-corrected chi connectivity index (χ3v) is 4.95. The molecule has 2 atom stereocenters. The van der Waals surface area contributed by atoms with Gasteiger partial charge in [-0.05, 0) is 44.2 Å². The van der Waals surface area contributed by atoms with Crippen molar-refractivity contribution in [3.05, 3.63) is 23.8 Å². The smallest absolute Gasteiger partial charge is 0.244 e. The zero-order valence-electron chi connectivity index (χ0n) is 14.9. The molecule has 0 saturated carbocycles. The van der Waals surface area contributed by atoms with Crippen LogP contribution in [0.2, 0.25) is 0 Å². The Morgan fingerprint density at radius 2 is 2.04 bits per heavy atom. The summed E-state index contributed by atoms with van der Waals surface area (Å²) in [6.07, 6.45) is 3.87. The quantitative estimate of drug-likeness (QED) is 0.902. The van der Waals surface area contributed by atoms with Crippen molar-refractivity contribution < 1.29 is 19.1 Å². The number of carbonyl (C=O) groups excluding carboxylic acids is 2. The van der Waals surface area contributed by atoms with Gasteiger partial charge in [0.05, 0.1) is 13.0 Å². The van der Waals surface area contributed by atoms with E-state index in [-0.39, 0.29) is 17.7 Å². The standard InChI is InChI=1S/C19H26N2O4/c1-13(19(23)21-8-4-3-5-9-21)20-18(22)15-10-14-6-7-16(24-2)11-17(14)25-12-15/h6-7,11,13,15H,3-5,8-10,12H2,1-2H3,(H,20,22)/t13-,15-/m1/s1. The van der Waals surface area contributed by atoms with Gasteiger partial charge in [-0.15, -0.1) is 0 Å². The molecule has 0 unspecified atom stereocenters. The van der Waals surface area contributed by atoms with E-state index in [4.69, 9.17) is 9.47 Å². The number of carbonyl (C=O) groups is 2. The second kappa shape index (κ2) is 7.76. The number of hydrogen-bond donors (Lipinski definition) is 1. The van der Waals surface area contributed by atoms with Crippen LogP contribution in [0.3, 0.4) is 0 Å². The summed E-state index contributed by atoms with van der Waals surface area (Å²) < 4.78 is 10.9. The minimum atomic E-state index is -0.497. The second-order valence-electron chi connectivity index (χ2n) is 6.80. The van der Waals surface area contributed by atoms with E-state index in [9.17, 15) is 9.59 Å². The van der Waals surface area contributed by atoms with Gasteiger partial charge in [-0.25, -0.2) is 0 Å². The van der Waals surface area contributed by atoms with Crippen LogP contribution in [0.1, 0.15) is 31.7 Å². The molecule has 25 heavy (non-hydrogen) atoms. The number of fused-ring (bicyclic) bond motifs is 1. The molecule has 2 aliphatic rings. The van der Waals surface area contributed by atoms with Crippen molar-refractivity contribution >= 4 is 11.8 Å². The molecule has 0 aliphatic carbocycles. The SMILES string of the molecule is COc1ccc2c(c1)OC[C@H](C(=O)N[C@H](C)C(=O)N1CCCCC1)C2. The lowest BCUT2D eigenvalue weighted by atomic mass is 9.95. The predicted octanol–water partition coefficient (Wildman–Crippen LogP) is 1.76. The predicted molar refractivity (Wildman–Crippen MR) is 93.7 cm³/mol. The first-order valence-corrected chi connectivity index (χ1v) is 8.97. The summed E-state index contributed by atoms with van der Waals surface area (Å²) in [7, 11) is 1.61. The van der Waals surface area contributed by atoms with Gasteiger partial charge in [-0.3, -0.25) is 9.59 Å². The molecule has 3 rings (SSSR count). The van der Waals surface area contributed by atoms with Crippen molar-refractivity contribution in [3.63, 3.8) is 0 Å². The van der Waals surface area contributed by atoms with Crippen LogP contribution in [0, 0.1) is 5.92 Å². The molecule has 0 bridgehead atoms. The maximum absolute atomic E-state index is 12.5. The Kier molecular flexibility index (Phi) is 5.46. The highest BCUT2D eigenvalue weighted by atomic mass is 16.5. The van der Waals surface area contributed by atoms with E-state index in [1.165, 1.54) is 6.42 Å². The van der Waals surface area contributed by atoms with Crippen molar-refractivity contribution in [3.8, 4) is 11.5 Å². The van der Waals surface area contributed by atoms with E-state index < -0.39 is 6.04 Å². The fourth-order valence-electron chi connectivity index (χ4n) is 3.43. The number of amides is 2. The molecule has 1 saturated heterocycles. The van der Waals surface area contributed by atoms with E-state index in [1.54, 1.807) is 14.0 Å². The first-order chi connectivity index (χ1) is 12.1. The van der Waals surface area contributed by atoms with Crippen LogP contribution in [0.5, 0.6) is 11.5 Å². The van der Waals surface area contributed by atoms with Crippen LogP contribution in [0.4, 0.5) is 0 Å². The Balaban J connectivity index is 1.57. The number of rotatable bonds is 4. The number of benzene rings is 1. The van der Waals surface area contributed by atoms with Gasteiger partial charge in [-0.2, -0.15) is 0 Å². The summed E-state index contributed by atoms with van der Waals surface area (Å²) in [5, 5.41) is 2.87. The van der Waals surface area contributed by atoms with Gasteiger partial charge in [0.25, 0.3) is 0 Å². The zero-order valence-corrected chi connectivity index (χ0v) is 14.9. The number of likely N-dealkylation sites (tertiary alicyclic amines) is 1. The molecule has 1 N–H and O–H groups in total. The molecule has 2 amide bonds. The Hall–Kier alpha value is -2.24. The molecule has 6 nitrogen and oxygen atoms in total. The third-order valence-electron chi connectivity index (χ3n) is 4.95. The number of piperidine rings is 1. The van der Waals surface area contributed by atoms with Gasteiger partial charge >= 0.3 is 0 Å². The van der Waals surface area contributed by atoms with Crippen LogP contribution in [-0.2, 0) is 16.0 Å². The number of hydrogen-bond acceptors (Lipinski definition) is 4. The van der Waals surface area contributed by atoms with Crippen molar-refractivity contribution in [2.75, 3.05) is 26.8 Å². The van der Waals surface area contributed by atoms with Crippen molar-refractivity contribution in [2.45, 2.75) is 38.6 Å². The summed E-state index contributed by atoms with van der Waals surface area (Å²) in [4.78, 5) is 26.8. The Morgan fingerprint density at radius 3 is 2.76 bits per heavy atom. The summed E-state index contributed by atoms with van der Waals surface area (Å²) >= 11 is 0. The van der Waals surface area contributed by atoms with Crippen LogP contribution in [0.25, 0.3) is 0 Å².